The molecule has 0 aromatic carbocycles. The number of aliphatic hydroxyl groups excluding tert-OH is 1. The van der Waals surface area contributed by atoms with E-state index in [0.717, 1.165) is 19.3 Å². The van der Waals surface area contributed by atoms with Gasteiger partial charge in [-0.3, -0.25) is 0 Å². The van der Waals surface area contributed by atoms with Crippen LogP contribution in [0.2, 0.25) is 0 Å². The van der Waals surface area contributed by atoms with E-state index in [1.54, 1.807) is 0 Å². The maximum absolute atomic E-state index is 11.2. The highest BCUT2D eigenvalue weighted by Gasteiger charge is 2.15. The van der Waals surface area contributed by atoms with Gasteiger partial charge in [0, 0.05) is 12.6 Å². The summed E-state index contributed by atoms with van der Waals surface area (Å²) in [5.41, 5.74) is 5.08. The number of alkyl carbamates (subject to hydrolysis) is 1. The minimum atomic E-state index is -0.455. The quantitative estimate of drug-likeness (QED) is 0.596. The molecule has 4 N–H and O–H groups in total. The number of rotatable bonds is 6. The highest BCUT2D eigenvalue weighted by atomic mass is 16.6. The van der Waals surface area contributed by atoms with Crippen LogP contribution in [0.5, 0.6) is 0 Å². The number of aliphatic hydroxyl groups is 1. The van der Waals surface area contributed by atoms with Crippen LogP contribution in [0.1, 0.15) is 40.0 Å². The Balaban J connectivity index is 3.42. The van der Waals surface area contributed by atoms with Crippen molar-refractivity contribution in [3.63, 3.8) is 0 Å². The van der Waals surface area contributed by atoms with Crippen molar-refractivity contribution in [2.75, 3.05) is 13.2 Å². The van der Waals surface area contributed by atoms with Crippen LogP contribution >= 0.6 is 0 Å². The van der Waals surface area contributed by atoms with Gasteiger partial charge in [0.25, 0.3) is 0 Å². The SMILES string of the molecule is CC(C)(C)OC(=O)NCCCC[C@H](N)CO. The van der Waals surface area contributed by atoms with Gasteiger partial charge in [0.1, 0.15) is 5.60 Å². The molecule has 0 fully saturated rings. The molecule has 16 heavy (non-hydrogen) atoms. The molecular formula is C11H24N2O3. The van der Waals surface area contributed by atoms with Crippen molar-refractivity contribution < 1.29 is 14.6 Å². The minimum Gasteiger partial charge on any atom is -0.444 e. The lowest BCUT2D eigenvalue weighted by molar-refractivity contribution is 0.0527. The van der Waals surface area contributed by atoms with E-state index >= 15 is 0 Å². The fourth-order valence-electron chi connectivity index (χ4n) is 1.13. The molecule has 0 bridgehead atoms. The molecule has 0 aliphatic carbocycles. The lowest BCUT2D eigenvalue weighted by Crippen LogP contribution is -2.33. The van der Waals surface area contributed by atoms with E-state index in [2.05, 4.69) is 5.32 Å². The molecule has 0 rings (SSSR count). The van der Waals surface area contributed by atoms with Crippen LogP contribution in [0, 0.1) is 0 Å². The Morgan fingerprint density at radius 3 is 2.56 bits per heavy atom. The van der Waals surface area contributed by atoms with Gasteiger partial charge in [-0.15, -0.1) is 0 Å². The molecule has 1 amide bonds. The molecule has 96 valence electrons. The van der Waals surface area contributed by atoms with Gasteiger partial charge in [0.15, 0.2) is 0 Å². The van der Waals surface area contributed by atoms with Crippen LogP contribution in [0.3, 0.4) is 0 Å². The van der Waals surface area contributed by atoms with Crippen molar-refractivity contribution in [2.24, 2.45) is 5.73 Å². The molecule has 0 spiro atoms. The molecular weight excluding hydrogens is 208 g/mol. The highest BCUT2D eigenvalue weighted by molar-refractivity contribution is 5.67. The van der Waals surface area contributed by atoms with Crippen LogP contribution in [-0.4, -0.2) is 36.0 Å². The Labute approximate surface area is 97.3 Å². The fourth-order valence-corrected chi connectivity index (χ4v) is 1.13. The Morgan fingerprint density at radius 1 is 1.44 bits per heavy atom. The molecule has 1 atom stereocenters. The second-order valence-corrected chi connectivity index (χ2v) is 4.87. The first-order chi connectivity index (χ1) is 7.35. The van der Waals surface area contributed by atoms with E-state index in [-0.39, 0.29) is 18.7 Å². The lowest BCUT2D eigenvalue weighted by atomic mass is 10.1. The molecule has 5 heteroatoms. The molecule has 0 heterocycles. The molecule has 0 aliphatic rings. The molecule has 0 aromatic rings. The maximum atomic E-state index is 11.2. The lowest BCUT2D eigenvalue weighted by Gasteiger charge is -2.19. The summed E-state index contributed by atoms with van der Waals surface area (Å²) in [5, 5.41) is 11.4. The standard InChI is InChI=1S/C11H24N2O3/c1-11(2,3)16-10(15)13-7-5-4-6-9(12)8-14/h9,14H,4-8,12H2,1-3H3,(H,13,15)/t9-/m0/s1. The monoisotopic (exact) mass is 232 g/mol. The van der Waals surface area contributed by atoms with Crippen molar-refractivity contribution in [1.29, 1.82) is 0 Å². The van der Waals surface area contributed by atoms with Gasteiger partial charge in [-0.1, -0.05) is 6.42 Å². The predicted octanol–water partition coefficient (Wildman–Crippen LogP) is 1.00. The average Bonchev–Trinajstić information content (AvgIpc) is 2.14. The molecule has 5 nitrogen and oxygen atoms in total. The summed E-state index contributed by atoms with van der Waals surface area (Å²) in [4.78, 5) is 11.2. The zero-order chi connectivity index (χ0) is 12.6. The molecule has 0 saturated carbocycles. The summed E-state index contributed by atoms with van der Waals surface area (Å²) in [7, 11) is 0. The Morgan fingerprint density at radius 2 is 2.06 bits per heavy atom. The Kier molecular flexibility index (Phi) is 7.08. The van der Waals surface area contributed by atoms with Crippen LogP contribution in [-0.2, 0) is 4.74 Å². The summed E-state index contributed by atoms with van der Waals surface area (Å²) in [5.74, 6) is 0. The number of hydrogen-bond donors (Lipinski definition) is 3. The van der Waals surface area contributed by atoms with Crippen LogP contribution in [0.4, 0.5) is 4.79 Å². The number of nitrogens with one attached hydrogen (secondary N) is 1. The van der Waals surface area contributed by atoms with Crippen molar-refractivity contribution in [1.82, 2.24) is 5.32 Å². The second kappa shape index (κ2) is 7.46. The smallest absolute Gasteiger partial charge is 0.407 e. The first-order valence-electron chi connectivity index (χ1n) is 5.68. The van der Waals surface area contributed by atoms with Crippen molar-refractivity contribution in [2.45, 2.75) is 51.7 Å². The zero-order valence-corrected chi connectivity index (χ0v) is 10.5. The molecule has 0 unspecified atom stereocenters. The van der Waals surface area contributed by atoms with E-state index < -0.39 is 5.60 Å². The summed E-state index contributed by atoms with van der Waals surface area (Å²) in [6.45, 7) is 6.07. The number of nitrogens with two attached hydrogens (primary N) is 1. The molecule has 0 aliphatic heterocycles. The Bertz CT molecular complexity index is 202. The van der Waals surface area contributed by atoms with Gasteiger partial charge < -0.3 is 20.9 Å². The van der Waals surface area contributed by atoms with Crippen LogP contribution in [0.15, 0.2) is 0 Å². The molecule has 0 radical (unpaired) electrons. The normalized spacial score (nSPS) is 13.3. The maximum Gasteiger partial charge on any atom is 0.407 e. The van der Waals surface area contributed by atoms with E-state index in [1.165, 1.54) is 0 Å². The first kappa shape index (κ1) is 15.2. The Hall–Kier alpha value is -0.810. The van der Waals surface area contributed by atoms with E-state index in [4.69, 9.17) is 15.6 Å². The minimum absolute atomic E-state index is 0.0134. The third-order valence-electron chi connectivity index (χ3n) is 1.90. The third kappa shape index (κ3) is 9.73. The summed E-state index contributed by atoms with van der Waals surface area (Å²) in [6.07, 6.45) is 2.11. The highest BCUT2D eigenvalue weighted by Crippen LogP contribution is 2.06. The first-order valence-corrected chi connectivity index (χ1v) is 5.68. The summed E-state index contributed by atoms with van der Waals surface area (Å²) in [6, 6.07) is -0.151. The number of hydrogen-bond acceptors (Lipinski definition) is 4. The van der Waals surface area contributed by atoms with Gasteiger partial charge in [0.2, 0.25) is 0 Å². The summed E-state index contributed by atoms with van der Waals surface area (Å²) >= 11 is 0. The van der Waals surface area contributed by atoms with E-state index in [9.17, 15) is 4.79 Å². The zero-order valence-electron chi connectivity index (χ0n) is 10.5. The topological polar surface area (TPSA) is 84.6 Å². The van der Waals surface area contributed by atoms with Crippen LogP contribution in [0.25, 0.3) is 0 Å². The number of carbonyl (C=O) groups excluding carboxylic acids is 1. The van der Waals surface area contributed by atoms with Gasteiger partial charge in [0.05, 0.1) is 6.61 Å². The van der Waals surface area contributed by atoms with Gasteiger partial charge >= 0.3 is 6.09 Å². The number of ether oxygens (including phenoxy) is 1. The van der Waals surface area contributed by atoms with E-state index in [0.29, 0.717) is 6.54 Å². The van der Waals surface area contributed by atoms with E-state index in [1.807, 2.05) is 20.8 Å². The number of amides is 1. The van der Waals surface area contributed by atoms with Crippen molar-refractivity contribution in [3.8, 4) is 0 Å². The average molecular weight is 232 g/mol. The van der Waals surface area contributed by atoms with Crippen LogP contribution < -0.4 is 11.1 Å². The fraction of sp³-hybridized carbons (Fsp3) is 0.909. The second-order valence-electron chi connectivity index (χ2n) is 4.87. The molecule has 0 aromatic heterocycles. The van der Waals surface area contributed by atoms with Gasteiger partial charge in [-0.05, 0) is 33.6 Å². The number of carbonyl (C=O) groups is 1. The third-order valence-corrected chi connectivity index (χ3v) is 1.90. The predicted molar refractivity (Wildman–Crippen MR) is 63.1 cm³/mol. The van der Waals surface area contributed by atoms with Crippen molar-refractivity contribution >= 4 is 6.09 Å². The summed E-state index contributed by atoms with van der Waals surface area (Å²) < 4.78 is 5.07. The van der Waals surface area contributed by atoms with Crippen molar-refractivity contribution in [3.05, 3.63) is 0 Å². The van der Waals surface area contributed by atoms with Gasteiger partial charge in [-0.25, -0.2) is 4.79 Å². The largest absolute Gasteiger partial charge is 0.444 e. The molecule has 0 saturated heterocycles. The number of unbranched alkanes of at least 4 members (excludes halogenated alkanes) is 1. The van der Waals surface area contributed by atoms with Gasteiger partial charge in [-0.2, -0.15) is 0 Å².